The highest BCUT2D eigenvalue weighted by molar-refractivity contribution is 5.97. The van der Waals surface area contributed by atoms with Crippen molar-refractivity contribution < 1.29 is 9.18 Å². The summed E-state index contributed by atoms with van der Waals surface area (Å²) in [5, 5.41) is 3.33. The first-order valence-electron chi connectivity index (χ1n) is 5.89. The summed E-state index contributed by atoms with van der Waals surface area (Å²) in [6.07, 6.45) is 0. The molecule has 0 radical (unpaired) electrons. The van der Waals surface area contributed by atoms with Crippen molar-refractivity contribution in [3.8, 4) is 0 Å². The summed E-state index contributed by atoms with van der Waals surface area (Å²) in [6.45, 7) is 5.20. The third kappa shape index (κ3) is 3.35. The van der Waals surface area contributed by atoms with Crippen LogP contribution in [-0.2, 0) is 0 Å². The molecule has 17 heavy (non-hydrogen) atoms. The van der Waals surface area contributed by atoms with E-state index in [9.17, 15) is 9.18 Å². The van der Waals surface area contributed by atoms with Crippen molar-refractivity contribution in [1.29, 1.82) is 0 Å². The third-order valence-electron chi connectivity index (χ3n) is 2.99. The van der Waals surface area contributed by atoms with E-state index in [-0.39, 0.29) is 11.6 Å². The van der Waals surface area contributed by atoms with Gasteiger partial charge in [-0.25, -0.2) is 4.39 Å². The minimum absolute atomic E-state index is 0.0547. The highest BCUT2D eigenvalue weighted by Gasteiger charge is 2.18. The first kappa shape index (κ1) is 12.2. The van der Waals surface area contributed by atoms with Crippen LogP contribution in [0.25, 0.3) is 0 Å². The van der Waals surface area contributed by atoms with E-state index in [4.69, 9.17) is 0 Å². The van der Waals surface area contributed by atoms with Crippen molar-refractivity contribution in [3.05, 3.63) is 35.6 Å². The molecule has 1 aliphatic rings. The Morgan fingerprint density at radius 3 is 2.82 bits per heavy atom. The Labute approximate surface area is 101 Å². The Kier molecular flexibility index (Phi) is 3.86. The van der Waals surface area contributed by atoms with E-state index in [2.05, 4.69) is 17.1 Å². The molecule has 1 heterocycles. The average molecular weight is 236 g/mol. The fourth-order valence-electron chi connectivity index (χ4n) is 2.09. The second-order valence-corrected chi connectivity index (χ2v) is 4.52. The fourth-order valence-corrected chi connectivity index (χ4v) is 2.09. The fraction of sp³-hybridized carbons (Fsp3) is 0.462. The van der Waals surface area contributed by atoms with Crippen LogP contribution >= 0.6 is 0 Å². The van der Waals surface area contributed by atoms with Crippen LogP contribution in [-0.4, -0.2) is 42.9 Å². The Bertz CT molecular complexity index is 391. The maximum Gasteiger partial charge on any atom is 0.176 e. The van der Waals surface area contributed by atoms with Gasteiger partial charge in [0.2, 0.25) is 0 Å². The third-order valence-corrected chi connectivity index (χ3v) is 2.99. The Morgan fingerprint density at radius 2 is 2.18 bits per heavy atom. The van der Waals surface area contributed by atoms with Gasteiger partial charge in [-0.15, -0.1) is 0 Å². The molecule has 1 unspecified atom stereocenters. The topological polar surface area (TPSA) is 32.3 Å². The molecule has 1 aliphatic heterocycles. The molecule has 92 valence electrons. The number of carbonyl (C=O) groups is 1. The van der Waals surface area contributed by atoms with Crippen molar-refractivity contribution in [3.63, 3.8) is 0 Å². The van der Waals surface area contributed by atoms with Gasteiger partial charge >= 0.3 is 0 Å². The lowest BCUT2D eigenvalue weighted by Gasteiger charge is -2.31. The van der Waals surface area contributed by atoms with Crippen LogP contribution in [0.1, 0.15) is 17.3 Å². The summed E-state index contributed by atoms with van der Waals surface area (Å²) >= 11 is 0. The molecule has 3 nitrogen and oxygen atoms in total. The zero-order valence-electron chi connectivity index (χ0n) is 9.95. The second-order valence-electron chi connectivity index (χ2n) is 4.52. The van der Waals surface area contributed by atoms with E-state index in [1.807, 2.05) is 0 Å². The van der Waals surface area contributed by atoms with Crippen LogP contribution in [0.5, 0.6) is 0 Å². The maximum atomic E-state index is 12.7. The zero-order valence-corrected chi connectivity index (χ0v) is 9.95. The van der Waals surface area contributed by atoms with Gasteiger partial charge in [0.15, 0.2) is 5.78 Å². The van der Waals surface area contributed by atoms with Gasteiger partial charge in [0, 0.05) is 31.2 Å². The van der Waals surface area contributed by atoms with Crippen LogP contribution in [0.4, 0.5) is 4.39 Å². The SMILES string of the molecule is CC1CN(CC(=O)c2ccc(F)cc2)CCN1. The molecule has 2 rings (SSSR count). The molecule has 1 aromatic rings. The molecule has 0 spiro atoms. The van der Waals surface area contributed by atoms with Gasteiger partial charge < -0.3 is 5.32 Å². The molecule has 4 heteroatoms. The summed E-state index contributed by atoms with van der Waals surface area (Å²) in [6, 6.07) is 6.16. The molecule has 1 atom stereocenters. The zero-order chi connectivity index (χ0) is 12.3. The Hall–Kier alpha value is -1.26. The molecule has 0 amide bonds. The van der Waals surface area contributed by atoms with Gasteiger partial charge in [-0.2, -0.15) is 0 Å². The normalized spacial score (nSPS) is 21.4. The standard InChI is InChI=1S/C13H17FN2O/c1-10-8-16(7-6-15-10)9-13(17)11-2-4-12(14)5-3-11/h2-5,10,15H,6-9H2,1H3. The predicted octanol–water partition coefficient (Wildman–Crippen LogP) is 1.30. The van der Waals surface area contributed by atoms with Gasteiger partial charge in [-0.1, -0.05) is 0 Å². The highest BCUT2D eigenvalue weighted by atomic mass is 19.1. The van der Waals surface area contributed by atoms with E-state index < -0.39 is 0 Å². The number of benzene rings is 1. The number of carbonyl (C=O) groups excluding carboxylic acids is 1. The van der Waals surface area contributed by atoms with Crippen molar-refractivity contribution in [2.24, 2.45) is 0 Å². The molecule has 1 aromatic carbocycles. The minimum Gasteiger partial charge on any atom is -0.312 e. The molecular weight excluding hydrogens is 219 g/mol. The van der Waals surface area contributed by atoms with Crippen molar-refractivity contribution >= 4 is 5.78 Å². The maximum absolute atomic E-state index is 12.7. The van der Waals surface area contributed by atoms with Crippen LogP contribution in [0.3, 0.4) is 0 Å². The number of piperazine rings is 1. The number of nitrogens with one attached hydrogen (secondary N) is 1. The highest BCUT2D eigenvalue weighted by Crippen LogP contribution is 2.06. The number of rotatable bonds is 3. The lowest BCUT2D eigenvalue weighted by molar-refractivity contribution is 0.0908. The number of hydrogen-bond donors (Lipinski definition) is 1. The average Bonchev–Trinajstić information content (AvgIpc) is 2.29. The number of halogens is 1. The van der Waals surface area contributed by atoms with E-state index in [1.54, 1.807) is 12.1 Å². The van der Waals surface area contributed by atoms with E-state index in [0.717, 1.165) is 19.6 Å². The molecule has 0 aliphatic carbocycles. The lowest BCUT2D eigenvalue weighted by atomic mass is 10.1. The molecule has 1 N–H and O–H groups in total. The molecule has 1 saturated heterocycles. The summed E-state index contributed by atoms with van der Waals surface area (Å²) in [7, 11) is 0. The number of ketones is 1. The predicted molar refractivity (Wildman–Crippen MR) is 64.6 cm³/mol. The largest absolute Gasteiger partial charge is 0.312 e. The van der Waals surface area contributed by atoms with Crippen LogP contribution in [0.15, 0.2) is 24.3 Å². The van der Waals surface area contributed by atoms with Crippen LogP contribution in [0.2, 0.25) is 0 Å². The summed E-state index contributed by atoms with van der Waals surface area (Å²) in [5.41, 5.74) is 0.581. The summed E-state index contributed by atoms with van der Waals surface area (Å²) in [5.74, 6) is -0.253. The number of Topliss-reactive ketones (excluding diaryl/α,β-unsaturated/α-hetero) is 1. The Morgan fingerprint density at radius 1 is 1.47 bits per heavy atom. The van der Waals surface area contributed by atoms with Gasteiger partial charge in [0.05, 0.1) is 6.54 Å². The van der Waals surface area contributed by atoms with Crippen LogP contribution < -0.4 is 5.32 Å². The quantitative estimate of drug-likeness (QED) is 0.803. The smallest absolute Gasteiger partial charge is 0.176 e. The van der Waals surface area contributed by atoms with Gasteiger partial charge in [0.25, 0.3) is 0 Å². The molecule has 0 bridgehead atoms. The molecule has 0 aromatic heterocycles. The summed E-state index contributed by atoms with van der Waals surface area (Å²) < 4.78 is 12.7. The van der Waals surface area contributed by atoms with Crippen molar-refractivity contribution in [1.82, 2.24) is 10.2 Å². The summed E-state index contributed by atoms with van der Waals surface area (Å²) in [4.78, 5) is 14.1. The first-order valence-corrected chi connectivity index (χ1v) is 5.89. The van der Waals surface area contributed by atoms with E-state index >= 15 is 0 Å². The van der Waals surface area contributed by atoms with E-state index in [1.165, 1.54) is 12.1 Å². The van der Waals surface area contributed by atoms with E-state index in [0.29, 0.717) is 18.2 Å². The first-order chi connectivity index (χ1) is 8.15. The molecule has 1 fully saturated rings. The monoisotopic (exact) mass is 236 g/mol. The van der Waals surface area contributed by atoms with Crippen molar-refractivity contribution in [2.45, 2.75) is 13.0 Å². The van der Waals surface area contributed by atoms with Gasteiger partial charge in [-0.3, -0.25) is 9.69 Å². The second kappa shape index (κ2) is 5.38. The number of nitrogens with zero attached hydrogens (tertiary/aromatic N) is 1. The molecular formula is C13H17FN2O. The lowest BCUT2D eigenvalue weighted by Crippen LogP contribution is -2.50. The minimum atomic E-state index is -0.308. The Balaban J connectivity index is 1.94. The van der Waals surface area contributed by atoms with Crippen molar-refractivity contribution in [2.75, 3.05) is 26.2 Å². The number of hydrogen-bond acceptors (Lipinski definition) is 3. The molecule has 0 saturated carbocycles. The van der Waals surface area contributed by atoms with Crippen LogP contribution in [0, 0.1) is 5.82 Å². The van der Waals surface area contributed by atoms with Gasteiger partial charge in [0.1, 0.15) is 5.82 Å². The van der Waals surface area contributed by atoms with Gasteiger partial charge in [-0.05, 0) is 31.2 Å².